The zero-order chi connectivity index (χ0) is 18.9. The maximum absolute atomic E-state index is 12.5. The molecule has 1 fully saturated rings. The van der Waals surface area contributed by atoms with E-state index in [1.54, 1.807) is 19.1 Å². The van der Waals surface area contributed by atoms with Gasteiger partial charge in [0.1, 0.15) is 0 Å². The number of sulfonamides is 1. The third kappa shape index (κ3) is 3.48. The zero-order valence-electron chi connectivity index (χ0n) is 14.5. The van der Waals surface area contributed by atoms with Crippen molar-refractivity contribution >= 4 is 27.5 Å². The fourth-order valence-corrected chi connectivity index (χ4v) is 4.78. The second kappa shape index (κ2) is 6.92. The summed E-state index contributed by atoms with van der Waals surface area (Å²) in [5.41, 5.74) is 1.45. The van der Waals surface area contributed by atoms with E-state index in [0.29, 0.717) is 5.56 Å². The first-order valence-corrected chi connectivity index (χ1v) is 9.93. The minimum atomic E-state index is -3.69. The van der Waals surface area contributed by atoms with Crippen LogP contribution in [-0.4, -0.2) is 26.0 Å². The Balaban J connectivity index is 1.83. The van der Waals surface area contributed by atoms with Gasteiger partial charge < -0.3 is 5.32 Å². The van der Waals surface area contributed by atoms with Gasteiger partial charge in [0.15, 0.2) is 0 Å². The molecular formula is C19H20N2O4S. The van der Waals surface area contributed by atoms with E-state index in [-0.39, 0.29) is 23.4 Å². The van der Waals surface area contributed by atoms with E-state index in [2.05, 4.69) is 5.32 Å². The lowest BCUT2D eigenvalue weighted by Crippen LogP contribution is -2.31. The van der Waals surface area contributed by atoms with Crippen LogP contribution in [-0.2, 0) is 14.8 Å². The van der Waals surface area contributed by atoms with E-state index in [0.717, 1.165) is 9.87 Å². The fraction of sp³-hybridized carbons (Fsp3) is 0.263. The number of carbonyl (C=O) groups excluding carboxylic acids is 2. The molecule has 0 bridgehead atoms. The Labute approximate surface area is 152 Å². The van der Waals surface area contributed by atoms with Crippen LogP contribution in [0.5, 0.6) is 0 Å². The van der Waals surface area contributed by atoms with Crippen LogP contribution in [0.1, 0.15) is 35.8 Å². The Hall–Kier alpha value is -2.67. The number of rotatable bonds is 4. The molecule has 0 aromatic heterocycles. The van der Waals surface area contributed by atoms with Gasteiger partial charge >= 0.3 is 0 Å². The number of nitrogens with zero attached hydrogens (tertiary/aromatic N) is 1. The second-order valence-corrected chi connectivity index (χ2v) is 8.30. The molecule has 2 atom stereocenters. The molecule has 1 N–H and O–H groups in total. The molecule has 1 heterocycles. The summed E-state index contributed by atoms with van der Waals surface area (Å²) in [6, 6.07) is 15.4. The van der Waals surface area contributed by atoms with Crippen LogP contribution < -0.4 is 9.62 Å². The standard InChI is InChI=1S/C19H20N2O4S/c1-13-12-26(24,25)21(19(13)23)17-10-6-9-16(11-17)18(22)20-14(2)15-7-4-3-5-8-15/h3-11,13-14H,12H2,1-2H3,(H,20,22)/t13-,14-/m0/s1. The van der Waals surface area contributed by atoms with Crippen molar-refractivity contribution in [2.45, 2.75) is 19.9 Å². The largest absolute Gasteiger partial charge is 0.346 e. The molecule has 3 rings (SSSR count). The normalized spacial score (nSPS) is 20.0. The summed E-state index contributed by atoms with van der Waals surface area (Å²) in [5, 5.41) is 2.88. The number of nitrogens with one attached hydrogen (secondary N) is 1. The minimum Gasteiger partial charge on any atom is -0.346 e. The topological polar surface area (TPSA) is 83.6 Å². The van der Waals surface area contributed by atoms with Gasteiger partial charge in [-0.1, -0.05) is 43.3 Å². The van der Waals surface area contributed by atoms with Gasteiger partial charge in [0.25, 0.3) is 5.91 Å². The summed E-state index contributed by atoms with van der Waals surface area (Å²) in [4.78, 5) is 24.8. The van der Waals surface area contributed by atoms with Gasteiger partial charge in [-0.15, -0.1) is 0 Å². The molecule has 26 heavy (non-hydrogen) atoms. The SMILES string of the molecule is C[C@H](NC(=O)c1cccc(N2C(=O)[C@@H](C)CS2(=O)=O)c1)c1ccccc1. The average Bonchev–Trinajstić information content (AvgIpc) is 2.82. The van der Waals surface area contributed by atoms with Crippen LogP contribution in [0.4, 0.5) is 5.69 Å². The average molecular weight is 372 g/mol. The van der Waals surface area contributed by atoms with Gasteiger partial charge in [0.05, 0.1) is 23.4 Å². The lowest BCUT2D eigenvalue weighted by molar-refractivity contribution is -0.119. The quantitative estimate of drug-likeness (QED) is 0.894. The Morgan fingerprint density at radius 1 is 1.15 bits per heavy atom. The molecule has 0 aliphatic carbocycles. The summed E-state index contributed by atoms with van der Waals surface area (Å²) < 4.78 is 25.3. The van der Waals surface area contributed by atoms with E-state index in [4.69, 9.17) is 0 Å². The van der Waals surface area contributed by atoms with E-state index < -0.39 is 21.8 Å². The predicted molar refractivity (Wildman–Crippen MR) is 99.2 cm³/mol. The molecule has 1 saturated heterocycles. The van der Waals surface area contributed by atoms with Gasteiger partial charge in [-0.2, -0.15) is 0 Å². The Kier molecular flexibility index (Phi) is 4.82. The first-order valence-electron chi connectivity index (χ1n) is 8.32. The summed E-state index contributed by atoms with van der Waals surface area (Å²) in [6.07, 6.45) is 0. The Morgan fingerprint density at radius 3 is 2.46 bits per heavy atom. The molecule has 2 aromatic rings. The van der Waals surface area contributed by atoms with Crippen LogP contribution in [0.25, 0.3) is 0 Å². The minimum absolute atomic E-state index is 0.194. The Bertz CT molecular complexity index is 941. The number of hydrogen-bond donors (Lipinski definition) is 1. The molecule has 7 heteroatoms. The summed E-state index contributed by atoms with van der Waals surface area (Å²) in [6.45, 7) is 3.45. The lowest BCUT2D eigenvalue weighted by Gasteiger charge is -2.17. The smallest absolute Gasteiger partial charge is 0.251 e. The molecule has 1 aliphatic rings. The lowest BCUT2D eigenvalue weighted by atomic mass is 10.1. The molecule has 0 spiro atoms. The van der Waals surface area contributed by atoms with Crippen molar-refractivity contribution in [3.05, 3.63) is 65.7 Å². The highest BCUT2D eigenvalue weighted by atomic mass is 32.2. The van der Waals surface area contributed by atoms with Gasteiger partial charge in [-0.3, -0.25) is 9.59 Å². The molecule has 0 radical (unpaired) electrons. The van der Waals surface area contributed by atoms with Crippen molar-refractivity contribution in [3.8, 4) is 0 Å². The van der Waals surface area contributed by atoms with Crippen LogP contribution in [0.15, 0.2) is 54.6 Å². The van der Waals surface area contributed by atoms with E-state index in [1.807, 2.05) is 37.3 Å². The molecule has 136 valence electrons. The number of anilines is 1. The molecule has 2 aromatic carbocycles. The number of amides is 2. The third-order valence-corrected chi connectivity index (χ3v) is 6.22. The Morgan fingerprint density at radius 2 is 1.85 bits per heavy atom. The van der Waals surface area contributed by atoms with Crippen LogP contribution in [0.3, 0.4) is 0 Å². The fourth-order valence-electron chi connectivity index (χ4n) is 2.97. The molecule has 1 aliphatic heterocycles. The van der Waals surface area contributed by atoms with Crippen LogP contribution in [0.2, 0.25) is 0 Å². The third-order valence-electron chi connectivity index (χ3n) is 4.35. The number of carbonyl (C=O) groups is 2. The van der Waals surface area contributed by atoms with Gasteiger partial charge in [0, 0.05) is 5.56 Å². The van der Waals surface area contributed by atoms with Crippen molar-refractivity contribution in [2.24, 2.45) is 5.92 Å². The van der Waals surface area contributed by atoms with Gasteiger partial charge in [0.2, 0.25) is 15.9 Å². The maximum atomic E-state index is 12.5. The summed E-state index contributed by atoms with van der Waals surface area (Å²) >= 11 is 0. The second-order valence-electron chi connectivity index (χ2n) is 6.44. The molecule has 2 amide bonds. The molecule has 0 unspecified atom stereocenters. The van der Waals surface area contributed by atoms with E-state index in [9.17, 15) is 18.0 Å². The molecule has 6 nitrogen and oxygen atoms in total. The highest BCUT2D eigenvalue weighted by Crippen LogP contribution is 2.28. The summed E-state index contributed by atoms with van der Waals surface area (Å²) in [5.74, 6) is -1.61. The number of hydrogen-bond acceptors (Lipinski definition) is 4. The van der Waals surface area contributed by atoms with Crippen molar-refractivity contribution in [1.29, 1.82) is 0 Å². The number of benzene rings is 2. The van der Waals surface area contributed by atoms with Crippen LogP contribution >= 0.6 is 0 Å². The van der Waals surface area contributed by atoms with Gasteiger partial charge in [-0.05, 0) is 30.7 Å². The first kappa shape index (κ1) is 18.1. The zero-order valence-corrected chi connectivity index (χ0v) is 15.4. The monoisotopic (exact) mass is 372 g/mol. The van der Waals surface area contributed by atoms with Crippen LogP contribution in [0, 0.1) is 5.92 Å². The highest BCUT2D eigenvalue weighted by molar-refractivity contribution is 7.94. The van der Waals surface area contributed by atoms with Crippen molar-refractivity contribution < 1.29 is 18.0 Å². The van der Waals surface area contributed by atoms with Crippen molar-refractivity contribution in [3.63, 3.8) is 0 Å². The maximum Gasteiger partial charge on any atom is 0.251 e. The summed E-state index contributed by atoms with van der Waals surface area (Å²) in [7, 11) is -3.69. The van der Waals surface area contributed by atoms with Crippen molar-refractivity contribution in [2.75, 3.05) is 10.1 Å². The van der Waals surface area contributed by atoms with Crippen molar-refractivity contribution in [1.82, 2.24) is 5.32 Å². The first-order chi connectivity index (χ1) is 12.3. The molecular weight excluding hydrogens is 352 g/mol. The van der Waals surface area contributed by atoms with E-state index in [1.165, 1.54) is 12.1 Å². The molecule has 0 saturated carbocycles. The van der Waals surface area contributed by atoms with E-state index >= 15 is 0 Å². The van der Waals surface area contributed by atoms with Gasteiger partial charge in [-0.25, -0.2) is 12.7 Å². The highest BCUT2D eigenvalue weighted by Gasteiger charge is 2.42. The predicted octanol–water partition coefficient (Wildman–Crippen LogP) is 2.49.